The minimum atomic E-state index is 0.451. The second kappa shape index (κ2) is 5.69. The molecule has 1 N–H and O–H groups in total. The minimum absolute atomic E-state index is 0.451. The molecule has 0 aromatic heterocycles. The molecule has 0 spiro atoms. The van der Waals surface area contributed by atoms with Crippen LogP contribution in [0.5, 0.6) is 5.75 Å². The van der Waals surface area contributed by atoms with E-state index < -0.39 is 0 Å². The van der Waals surface area contributed by atoms with Gasteiger partial charge in [0.15, 0.2) is 0 Å². The Morgan fingerprint density at radius 2 is 1.93 bits per heavy atom. The van der Waals surface area contributed by atoms with Crippen molar-refractivity contribution < 1.29 is 5.11 Å². The maximum absolute atomic E-state index is 9.59. The summed E-state index contributed by atoms with van der Waals surface area (Å²) >= 11 is 0. The highest BCUT2D eigenvalue weighted by atomic mass is 16.3. The number of unbranched alkanes of at least 4 members (excludes halogenated alkanes) is 3. The summed E-state index contributed by atoms with van der Waals surface area (Å²) in [6, 6.07) is 5.83. The molecule has 1 aromatic rings. The summed E-state index contributed by atoms with van der Waals surface area (Å²) < 4.78 is 0. The van der Waals surface area contributed by atoms with Gasteiger partial charge in [0.05, 0.1) is 0 Å². The molecule has 0 saturated carbocycles. The van der Waals surface area contributed by atoms with Gasteiger partial charge in [0.2, 0.25) is 0 Å². The van der Waals surface area contributed by atoms with Crippen molar-refractivity contribution in [1.82, 2.24) is 0 Å². The second-order valence-electron chi connectivity index (χ2n) is 3.94. The Morgan fingerprint density at radius 1 is 1.14 bits per heavy atom. The van der Waals surface area contributed by atoms with E-state index in [2.05, 4.69) is 19.9 Å². The summed E-state index contributed by atoms with van der Waals surface area (Å²) in [5.74, 6) is 0.451. The maximum atomic E-state index is 9.59. The lowest BCUT2D eigenvalue weighted by atomic mass is 10.0. The van der Waals surface area contributed by atoms with Crippen molar-refractivity contribution >= 4 is 0 Å². The average Bonchev–Trinajstić information content (AvgIpc) is 2.18. The number of benzene rings is 1. The molecule has 0 amide bonds. The molecule has 0 aliphatic carbocycles. The molecule has 1 heteroatoms. The number of phenols is 1. The molecule has 0 aliphatic heterocycles. The van der Waals surface area contributed by atoms with Crippen molar-refractivity contribution in [1.29, 1.82) is 0 Å². The van der Waals surface area contributed by atoms with Gasteiger partial charge in [-0.05, 0) is 31.4 Å². The van der Waals surface area contributed by atoms with E-state index in [9.17, 15) is 5.11 Å². The van der Waals surface area contributed by atoms with Crippen LogP contribution in [0.3, 0.4) is 0 Å². The van der Waals surface area contributed by atoms with Gasteiger partial charge in [-0.25, -0.2) is 0 Å². The summed E-state index contributed by atoms with van der Waals surface area (Å²) in [5.41, 5.74) is 2.33. The molecule has 1 rings (SSSR count). The fraction of sp³-hybridized carbons (Fsp3) is 0.538. The lowest BCUT2D eigenvalue weighted by Crippen LogP contribution is -1.88. The van der Waals surface area contributed by atoms with E-state index in [1.54, 1.807) is 6.07 Å². The van der Waals surface area contributed by atoms with Crippen molar-refractivity contribution in [3.05, 3.63) is 29.3 Å². The van der Waals surface area contributed by atoms with Crippen molar-refractivity contribution in [3.63, 3.8) is 0 Å². The van der Waals surface area contributed by atoms with Crippen LogP contribution in [0.15, 0.2) is 18.2 Å². The zero-order chi connectivity index (χ0) is 10.4. The Hall–Kier alpha value is -0.980. The fourth-order valence-corrected chi connectivity index (χ4v) is 1.66. The molecule has 0 heterocycles. The Morgan fingerprint density at radius 3 is 2.64 bits per heavy atom. The lowest BCUT2D eigenvalue weighted by molar-refractivity contribution is 0.466. The highest BCUT2D eigenvalue weighted by Gasteiger charge is 2.00. The molecular weight excluding hydrogens is 172 g/mol. The van der Waals surface area contributed by atoms with Crippen LogP contribution in [0.2, 0.25) is 0 Å². The number of aryl methyl sites for hydroxylation is 2. The molecule has 0 aliphatic rings. The van der Waals surface area contributed by atoms with Gasteiger partial charge in [-0.15, -0.1) is 0 Å². The van der Waals surface area contributed by atoms with Gasteiger partial charge >= 0.3 is 0 Å². The molecule has 0 bridgehead atoms. The summed E-state index contributed by atoms with van der Waals surface area (Å²) in [6.45, 7) is 4.28. The van der Waals surface area contributed by atoms with E-state index in [0.29, 0.717) is 5.75 Å². The Kier molecular flexibility index (Phi) is 4.51. The second-order valence-corrected chi connectivity index (χ2v) is 3.94. The van der Waals surface area contributed by atoms with Crippen LogP contribution in [0, 0.1) is 6.92 Å². The third-order valence-electron chi connectivity index (χ3n) is 2.53. The van der Waals surface area contributed by atoms with Crippen LogP contribution in [0.4, 0.5) is 0 Å². The predicted molar refractivity (Wildman–Crippen MR) is 60.7 cm³/mol. The Bertz CT molecular complexity index is 279. The largest absolute Gasteiger partial charge is 0.508 e. The van der Waals surface area contributed by atoms with Crippen LogP contribution in [-0.2, 0) is 6.42 Å². The van der Waals surface area contributed by atoms with Crippen LogP contribution in [0.1, 0.15) is 43.7 Å². The first-order chi connectivity index (χ1) is 6.74. The zero-order valence-electron chi connectivity index (χ0n) is 9.21. The third kappa shape index (κ3) is 3.41. The molecule has 0 fully saturated rings. The monoisotopic (exact) mass is 192 g/mol. The fourth-order valence-electron chi connectivity index (χ4n) is 1.66. The van der Waals surface area contributed by atoms with Crippen molar-refractivity contribution in [2.24, 2.45) is 0 Å². The van der Waals surface area contributed by atoms with Crippen LogP contribution in [0.25, 0.3) is 0 Å². The smallest absolute Gasteiger partial charge is 0.118 e. The molecule has 14 heavy (non-hydrogen) atoms. The number of phenolic OH excluding ortho intramolecular Hbond substituents is 1. The zero-order valence-corrected chi connectivity index (χ0v) is 9.21. The Labute approximate surface area is 86.8 Å². The van der Waals surface area contributed by atoms with E-state index in [1.807, 2.05) is 6.07 Å². The first-order valence-corrected chi connectivity index (χ1v) is 5.52. The third-order valence-corrected chi connectivity index (χ3v) is 2.53. The van der Waals surface area contributed by atoms with Gasteiger partial charge in [0, 0.05) is 0 Å². The van der Waals surface area contributed by atoms with Gasteiger partial charge in [0.25, 0.3) is 0 Å². The average molecular weight is 192 g/mol. The summed E-state index contributed by atoms with van der Waals surface area (Å²) in [6.07, 6.45) is 6.02. The molecule has 1 nitrogen and oxygen atoms in total. The van der Waals surface area contributed by atoms with E-state index in [4.69, 9.17) is 0 Å². The lowest BCUT2D eigenvalue weighted by Gasteiger charge is -2.05. The predicted octanol–water partition coefficient (Wildman–Crippen LogP) is 3.82. The normalized spacial score (nSPS) is 10.4. The van der Waals surface area contributed by atoms with Crippen LogP contribution < -0.4 is 0 Å². The molecule has 1 aromatic carbocycles. The van der Waals surface area contributed by atoms with Crippen LogP contribution in [-0.4, -0.2) is 5.11 Å². The van der Waals surface area contributed by atoms with Crippen molar-refractivity contribution in [3.8, 4) is 5.75 Å². The SMILES string of the molecule is CCCCCCc1cc(C)ccc1O. The van der Waals surface area contributed by atoms with E-state index in [0.717, 1.165) is 12.0 Å². The minimum Gasteiger partial charge on any atom is -0.508 e. The molecule has 0 atom stereocenters. The Balaban J connectivity index is 2.45. The molecule has 78 valence electrons. The topological polar surface area (TPSA) is 20.2 Å². The van der Waals surface area contributed by atoms with Gasteiger partial charge in [-0.3, -0.25) is 0 Å². The number of hydrogen-bond acceptors (Lipinski definition) is 1. The molecule has 0 saturated heterocycles. The first-order valence-electron chi connectivity index (χ1n) is 5.52. The molecule has 0 unspecified atom stereocenters. The summed E-state index contributed by atoms with van der Waals surface area (Å²) in [7, 11) is 0. The first kappa shape index (κ1) is 11.1. The number of aromatic hydroxyl groups is 1. The number of hydrogen-bond donors (Lipinski definition) is 1. The summed E-state index contributed by atoms with van der Waals surface area (Å²) in [4.78, 5) is 0. The maximum Gasteiger partial charge on any atom is 0.118 e. The van der Waals surface area contributed by atoms with E-state index in [1.165, 1.54) is 31.2 Å². The van der Waals surface area contributed by atoms with Gasteiger partial charge < -0.3 is 5.11 Å². The highest BCUT2D eigenvalue weighted by Crippen LogP contribution is 2.20. The van der Waals surface area contributed by atoms with Crippen LogP contribution >= 0.6 is 0 Å². The van der Waals surface area contributed by atoms with Crippen molar-refractivity contribution in [2.75, 3.05) is 0 Å². The summed E-state index contributed by atoms with van der Waals surface area (Å²) in [5, 5.41) is 9.59. The van der Waals surface area contributed by atoms with Gasteiger partial charge in [-0.1, -0.05) is 43.9 Å². The van der Waals surface area contributed by atoms with Gasteiger partial charge in [0.1, 0.15) is 5.75 Å². The van der Waals surface area contributed by atoms with Crippen molar-refractivity contribution in [2.45, 2.75) is 46.0 Å². The number of rotatable bonds is 5. The van der Waals surface area contributed by atoms with E-state index in [-0.39, 0.29) is 0 Å². The molecule has 0 radical (unpaired) electrons. The van der Waals surface area contributed by atoms with E-state index >= 15 is 0 Å². The highest BCUT2D eigenvalue weighted by molar-refractivity contribution is 5.35. The quantitative estimate of drug-likeness (QED) is 0.703. The molecular formula is C13H20O. The standard InChI is InChI=1S/C13H20O/c1-3-4-5-6-7-12-10-11(2)8-9-13(12)14/h8-10,14H,3-7H2,1-2H3. The van der Waals surface area contributed by atoms with Gasteiger partial charge in [-0.2, -0.15) is 0 Å².